The summed E-state index contributed by atoms with van der Waals surface area (Å²) >= 11 is 13.4. The summed E-state index contributed by atoms with van der Waals surface area (Å²) in [5.74, 6) is 0.0317. The minimum Gasteiger partial charge on any atom is -0.352 e. The van der Waals surface area contributed by atoms with E-state index in [0.29, 0.717) is 23.0 Å². The van der Waals surface area contributed by atoms with Crippen LogP contribution in [0.25, 0.3) is 0 Å². The molecule has 162 valence electrons. The summed E-state index contributed by atoms with van der Waals surface area (Å²) in [7, 11) is 0. The highest BCUT2D eigenvalue weighted by molar-refractivity contribution is 8.00. The number of rotatable bonds is 10. The van der Waals surface area contributed by atoms with E-state index in [9.17, 15) is 9.59 Å². The van der Waals surface area contributed by atoms with Crippen molar-refractivity contribution >= 4 is 46.8 Å². The number of nitrogens with zero attached hydrogens (tertiary/aromatic N) is 1. The Hall–Kier alpha value is -1.69. The van der Waals surface area contributed by atoms with Crippen LogP contribution in [0, 0.1) is 0 Å². The molecule has 2 atom stereocenters. The number of benzene rings is 2. The number of hydrogen-bond acceptors (Lipinski definition) is 3. The molecule has 0 aliphatic carbocycles. The Morgan fingerprint density at radius 1 is 0.967 bits per heavy atom. The SMILES string of the molecule is CCC(C)NC(=O)C(CC)N(Cc1ccc(Cl)cc1)C(=O)CSc1ccc(Cl)cc1. The molecule has 0 saturated carbocycles. The summed E-state index contributed by atoms with van der Waals surface area (Å²) in [6.45, 7) is 6.26. The van der Waals surface area contributed by atoms with Gasteiger partial charge in [-0.15, -0.1) is 11.8 Å². The summed E-state index contributed by atoms with van der Waals surface area (Å²) < 4.78 is 0. The van der Waals surface area contributed by atoms with Crippen LogP contribution in [-0.2, 0) is 16.1 Å². The second kappa shape index (κ2) is 12.2. The monoisotopic (exact) mass is 466 g/mol. The molecule has 0 spiro atoms. The van der Waals surface area contributed by atoms with Crippen LogP contribution in [0.4, 0.5) is 0 Å². The first-order valence-corrected chi connectivity index (χ1v) is 11.8. The normalized spacial score (nSPS) is 12.8. The first-order valence-electron chi connectivity index (χ1n) is 10.1. The Bertz CT molecular complexity index is 828. The molecular formula is C23H28Cl2N2O2S. The number of halogens is 2. The number of thioether (sulfide) groups is 1. The Labute approximate surface area is 193 Å². The van der Waals surface area contributed by atoms with Crippen molar-refractivity contribution in [1.82, 2.24) is 10.2 Å². The van der Waals surface area contributed by atoms with Gasteiger partial charge in [0.2, 0.25) is 11.8 Å². The average molecular weight is 467 g/mol. The van der Waals surface area contributed by atoms with E-state index in [1.165, 1.54) is 11.8 Å². The van der Waals surface area contributed by atoms with Gasteiger partial charge in [-0.25, -0.2) is 0 Å². The molecule has 30 heavy (non-hydrogen) atoms. The van der Waals surface area contributed by atoms with Crippen molar-refractivity contribution in [3.63, 3.8) is 0 Å². The zero-order valence-corrected chi connectivity index (χ0v) is 19.9. The third kappa shape index (κ3) is 7.53. The van der Waals surface area contributed by atoms with Crippen LogP contribution in [0.15, 0.2) is 53.4 Å². The molecule has 2 amide bonds. The molecule has 4 nitrogen and oxygen atoms in total. The lowest BCUT2D eigenvalue weighted by Gasteiger charge is -2.31. The number of nitrogens with one attached hydrogen (secondary N) is 1. The standard InChI is InChI=1S/C23H28Cl2N2O2S/c1-4-16(3)26-23(29)21(5-2)27(14-17-6-8-18(24)9-7-17)22(28)15-30-20-12-10-19(25)11-13-20/h6-13,16,21H,4-5,14-15H2,1-3H3,(H,26,29). The molecule has 2 rings (SSSR count). The topological polar surface area (TPSA) is 49.4 Å². The first kappa shape index (κ1) is 24.6. The highest BCUT2D eigenvalue weighted by Gasteiger charge is 2.29. The van der Waals surface area contributed by atoms with Crippen molar-refractivity contribution in [2.45, 2.75) is 57.1 Å². The molecule has 0 heterocycles. The molecule has 0 radical (unpaired) electrons. The zero-order chi connectivity index (χ0) is 22.1. The van der Waals surface area contributed by atoms with Gasteiger partial charge in [-0.1, -0.05) is 49.2 Å². The first-order chi connectivity index (χ1) is 14.3. The number of hydrogen-bond donors (Lipinski definition) is 1. The molecule has 0 aliphatic rings. The van der Waals surface area contributed by atoms with Gasteiger partial charge in [0.25, 0.3) is 0 Å². The lowest BCUT2D eigenvalue weighted by molar-refractivity contribution is -0.139. The minimum absolute atomic E-state index is 0.0578. The summed E-state index contributed by atoms with van der Waals surface area (Å²) in [5.41, 5.74) is 0.930. The van der Waals surface area contributed by atoms with E-state index in [0.717, 1.165) is 16.9 Å². The van der Waals surface area contributed by atoms with Crippen LogP contribution in [0.1, 0.15) is 39.2 Å². The molecule has 0 aliphatic heterocycles. The summed E-state index contributed by atoms with van der Waals surface area (Å²) in [5, 5.41) is 4.31. The summed E-state index contributed by atoms with van der Waals surface area (Å²) in [6, 6.07) is 14.2. The van der Waals surface area contributed by atoms with Gasteiger partial charge in [0.1, 0.15) is 6.04 Å². The molecule has 0 saturated heterocycles. The lowest BCUT2D eigenvalue weighted by atomic mass is 10.1. The van der Waals surface area contributed by atoms with E-state index in [4.69, 9.17) is 23.2 Å². The van der Waals surface area contributed by atoms with Gasteiger partial charge >= 0.3 is 0 Å². The minimum atomic E-state index is -0.534. The largest absolute Gasteiger partial charge is 0.352 e. The maximum Gasteiger partial charge on any atom is 0.243 e. The predicted octanol–water partition coefficient (Wildman–Crippen LogP) is 5.81. The fraction of sp³-hybridized carbons (Fsp3) is 0.391. The van der Waals surface area contributed by atoms with E-state index >= 15 is 0 Å². The van der Waals surface area contributed by atoms with Crippen molar-refractivity contribution in [2.75, 3.05) is 5.75 Å². The molecule has 1 N–H and O–H groups in total. The van der Waals surface area contributed by atoms with E-state index in [-0.39, 0.29) is 23.6 Å². The Kier molecular flexibility index (Phi) is 10.0. The zero-order valence-electron chi connectivity index (χ0n) is 17.5. The van der Waals surface area contributed by atoms with E-state index < -0.39 is 6.04 Å². The van der Waals surface area contributed by atoms with Crippen molar-refractivity contribution in [3.8, 4) is 0 Å². The van der Waals surface area contributed by atoms with Gasteiger partial charge in [0.15, 0.2) is 0 Å². The Morgan fingerprint density at radius 2 is 1.53 bits per heavy atom. The Morgan fingerprint density at radius 3 is 2.07 bits per heavy atom. The number of carbonyl (C=O) groups excluding carboxylic acids is 2. The second-order valence-electron chi connectivity index (χ2n) is 7.13. The van der Waals surface area contributed by atoms with Crippen LogP contribution >= 0.6 is 35.0 Å². The van der Waals surface area contributed by atoms with Crippen LogP contribution < -0.4 is 5.32 Å². The van der Waals surface area contributed by atoms with Crippen LogP contribution in [0.2, 0.25) is 10.0 Å². The molecule has 2 aromatic rings. The third-order valence-corrected chi connectivity index (χ3v) is 6.33. The van der Waals surface area contributed by atoms with Gasteiger partial charge < -0.3 is 10.2 Å². The highest BCUT2D eigenvalue weighted by Crippen LogP contribution is 2.22. The molecule has 0 aromatic heterocycles. The Balaban J connectivity index is 2.19. The summed E-state index contributed by atoms with van der Waals surface area (Å²) in [4.78, 5) is 28.7. The molecule has 7 heteroatoms. The summed E-state index contributed by atoms with van der Waals surface area (Å²) in [6.07, 6.45) is 1.37. The van der Waals surface area contributed by atoms with Gasteiger partial charge in [-0.3, -0.25) is 9.59 Å². The smallest absolute Gasteiger partial charge is 0.243 e. The van der Waals surface area contributed by atoms with Crippen molar-refractivity contribution in [3.05, 3.63) is 64.1 Å². The third-order valence-electron chi connectivity index (χ3n) is 4.83. The van der Waals surface area contributed by atoms with Crippen LogP contribution in [-0.4, -0.2) is 34.6 Å². The predicted molar refractivity (Wildman–Crippen MR) is 126 cm³/mol. The van der Waals surface area contributed by atoms with Gasteiger partial charge in [-0.05, 0) is 61.7 Å². The highest BCUT2D eigenvalue weighted by atomic mass is 35.5. The van der Waals surface area contributed by atoms with Crippen molar-refractivity contribution in [1.29, 1.82) is 0 Å². The second-order valence-corrected chi connectivity index (χ2v) is 9.05. The maximum atomic E-state index is 13.2. The fourth-order valence-electron chi connectivity index (χ4n) is 2.91. The van der Waals surface area contributed by atoms with E-state index in [1.54, 1.807) is 29.2 Å². The number of amides is 2. The quantitative estimate of drug-likeness (QED) is 0.449. The van der Waals surface area contributed by atoms with Crippen molar-refractivity contribution in [2.24, 2.45) is 0 Å². The molecule has 0 fully saturated rings. The lowest BCUT2D eigenvalue weighted by Crippen LogP contribution is -2.51. The maximum absolute atomic E-state index is 13.2. The van der Waals surface area contributed by atoms with Crippen LogP contribution in [0.5, 0.6) is 0 Å². The van der Waals surface area contributed by atoms with Gasteiger partial charge in [0.05, 0.1) is 5.75 Å². The average Bonchev–Trinajstić information content (AvgIpc) is 2.74. The molecular weight excluding hydrogens is 439 g/mol. The van der Waals surface area contributed by atoms with Crippen molar-refractivity contribution < 1.29 is 9.59 Å². The van der Waals surface area contributed by atoms with E-state index in [1.807, 2.05) is 45.0 Å². The van der Waals surface area contributed by atoms with Gasteiger partial charge in [0, 0.05) is 27.5 Å². The molecule has 2 aromatic carbocycles. The van der Waals surface area contributed by atoms with Crippen LogP contribution in [0.3, 0.4) is 0 Å². The van der Waals surface area contributed by atoms with E-state index in [2.05, 4.69) is 5.32 Å². The molecule has 0 bridgehead atoms. The fourth-order valence-corrected chi connectivity index (χ4v) is 3.94. The molecule has 2 unspecified atom stereocenters. The number of carbonyl (C=O) groups is 2. The van der Waals surface area contributed by atoms with Gasteiger partial charge in [-0.2, -0.15) is 0 Å².